The second kappa shape index (κ2) is 19.3. The maximum atomic E-state index is 12.9. The lowest BCUT2D eigenvalue weighted by Gasteiger charge is -2.25. The first kappa shape index (κ1) is 35.2. The van der Waals surface area contributed by atoms with Gasteiger partial charge >= 0.3 is 5.97 Å². The summed E-state index contributed by atoms with van der Waals surface area (Å²) in [4.78, 5) is 36.6. The summed E-state index contributed by atoms with van der Waals surface area (Å²) in [6, 6.07) is 15.6. The Bertz CT molecular complexity index is 1130. The molecule has 3 N–H and O–H groups in total. The van der Waals surface area contributed by atoms with Gasteiger partial charge in [0.1, 0.15) is 5.78 Å². The Kier molecular flexibility index (Phi) is 16.2. The van der Waals surface area contributed by atoms with E-state index in [2.05, 4.69) is 12.2 Å². The van der Waals surface area contributed by atoms with E-state index >= 15 is 0 Å². The Hall–Kier alpha value is -2.96. The maximum absolute atomic E-state index is 12.9. The average molecular weight is 598 g/mol. The van der Waals surface area contributed by atoms with Crippen LogP contribution in [0.15, 0.2) is 60.7 Å². The van der Waals surface area contributed by atoms with Gasteiger partial charge in [0.2, 0.25) is 5.91 Å². The van der Waals surface area contributed by atoms with Gasteiger partial charge in [-0.1, -0.05) is 106 Å². The number of amides is 1. The lowest BCUT2D eigenvalue weighted by Crippen LogP contribution is -2.49. The Morgan fingerprint density at radius 2 is 1.40 bits per heavy atom. The van der Waals surface area contributed by atoms with Gasteiger partial charge in [0, 0.05) is 24.4 Å². The number of rotatable bonds is 21. The van der Waals surface area contributed by atoms with Gasteiger partial charge in [0.15, 0.2) is 5.60 Å². The number of benzene rings is 2. The Morgan fingerprint density at radius 1 is 0.857 bits per heavy atom. The third-order valence-corrected chi connectivity index (χ3v) is 7.88. The van der Waals surface area contributed by atoms with Crippen molar-refractivity contribution in [1.29, 1.82) is 0 Å². The molecule has 0 aliphatic carbocycles. The number of unbranched alkanes of at least 4 members (excludes halogenated alkanes) is 8. The smallest absolute Gasteiger partial charge is 0.336 e. The molecule has 2 rings (SSSR count). The van der Waals surface area contributed by atoms with E-state index < -0.39 is 23.4 Å². The number of carboxylic acids is 1. The molecule has 0 aliphatic heterocycles. The number of carboxylic acid groups (broad SMARTS) is 1. The number of halogens is 1. The van der Waals surface area contributed by atoms with Gasteiger partial charge in [-0.3, -0.25) is 9.59 Å². The van der Waals surface area contributed by atoms with Gasteiger partial charge < -0.3 is 15.5 Å². The third-order valence-electron chi connectivity index (χ3n) is 7.63. The highest BCUT2D eigenvalue weighted by Crippen LogP contribution is 2.23. The number of hydrogen-bond acceptors (Lipinski definition) is 4. The fourth-order valence-electron chi connectivity index (χ4n) is 4.83. The van der Waals surface area contributed by atoms with E-state index in [1.807, 2.05) is 48.5 Å². The van der Waals surface area contributed by atoms with Gasteiger partial charge in [0.05, 0.1) is 5.92 Å². The van der Waals surface area contributed by atoms with Gasteiger partial charge in [-0.15, -0.1) is 0 Å². The molecule has 6 nitrogen and oxygen atoms in total. The van der Waals surface area contributed by atoms with Crippen LogP contribution in [0.4, 0.5) is 0 Å². The van der Waals surface area contributed by atoms with E-state index in [1.165, 1.54) is 25.3 Å². The molecule has 0 heterocycles. The van der Waals surface area contributed by atoms with E-state index in [0.29, 0.717) is 43.0 Å². The monoisotopic (exact) mass is 597 g/mol. The molecule has 0 radical (unpaired) electrons. The van der Waals surface area contributed by atoms with E-state index in [1.54, 1.807) is 6.08 Å². The summed E-state index contributed by atoms with van der Waals surface area (Å²) in [6.07, 6.45) is 15.3. The summed E-state index contributed by atoms with van der Waals surface area (Å²) in [7, 11) is 0. The van der Waals surface area contributed by atoms with Crippen LogP contribution in [0.5, 0.6) is 0 Å². The van der Waals surface area contributed by atoms with Crippen molar-refractivity contribution in [1.82, 2.24) is 5.32 Å². The van der Waals surface area contributed by atoms with E-state index in [-0.39, 0.29) is 0 Å². The first-order chi connectivity index (χ1) is 20.1. The highest BCUT2D eigenvalue weighted by Gasteiger charge is 2.42. The molecule has 0 saturated heterocycles. The topological polar surface area (TPSA) is 104 Å². The first-order valence-electron chi connectivity index (χ1n) is 15.4. The lowest BCUT2D eigenvalue weighted by atomic mass is 9.87. The first-order valence-corrected chi connectivity index (χ1v) is 15.8. The summed E-state index contributed by atoms with van der Waals surface area (Å²) >= 11 is 5.97. The number of ketones is 1. The van der Waals surface area contributed by atoms with Crippen LogP contribution >= 0.6 is 11.6 Å². The summed E-state index contributed by atoms with van der Waals surface area (Å²) in [6.45, 7) is 3.65. The van der Waals surface area contributed by atoms with Crippen LogP contribution in [0.3, 0.4) is 0 Å². The number of carbonyl (C=O) groups is 3. The summed E-state index contributed by atoms with van der Waals surface area (Å²) in [5, 5.41) is 23.6. The van der Waals surface area contributed by atoms with Crippen molar-refractivity contribution in [2.24, 2.45) is 5.92 Å². The van der Waals surface area contributed by atoms with Crippen molar-refractivity contribution in [3.05, 3.63) is 71.3 Å². The Balaban J connectivity index is 1.74. The molecule has 1 amide bonds. The minimum atomic E-state index is -2.22. The summed E-state index contributed by atoms with van der Waals surface area (Å²) in [5.41, 5.74) is 0.920. The molecule has 0 fully saturated rings. The second-order valence-corrected chi connectivity index (χ2v) is 11.7. The number of hydrogen-bond donors (Lipinski definition) is 3. The molecule has 2 aromatic carbocycles. The van der Waals surface area contributed by atoms with E-state index in [9.17, 15) is 24.6 Å². The normalized spacial score (nSPS) is 13.5. The van der Waals surface area contributed by atoms with Crippen LogP contribution in [-0.2, 0) is 20.8 Å². The van der Waals surface area contributed by atoms with Crippen LogP contribution in [0.1, 0.15) is 96.5 Å². The fourth-order valence-corrected chi connectivity index (χ4v) is 4.96. The zero-order chi connectivity index (χ0) is 30.8. The molecule has 42 heavy (non-hydrogen) atoms. The molecule has 0 spiro atoms. The van der Waals surface area contributed by atoms with Gasteiger partial charge in [-0.2, -0.15) is 0 Å². The molecule has 0 bridgehead atoms. The molecule has 2 aromatic rings. The van der Waals surface area contributed by atoms with Gasteiger partial charge in [-0.05, 0) is 67.9 Å². The Labute approximate surface area is 256 Å². The van der Waals surface area contributed by atoms with Crippen molar-refractivity contribution >= 4 is 29.3 Å². The van der Waals surface area contributed by atoms with E-state index in [0.717, 1.165) is 62.1 Å². The largest absolute Gasteiger partial charge is 0.479 e. The van der Waals surface area contributed by atoms with Crippen molar-refractivity contribution < 1.29 is 24.6 Å². The zero-order valence-corrected chi connectivity index (χ0v) is 26.0. The quantitative estimate of drug-likeness (QED) is 0.100. The molecule has 230 valence electrons. The van der Waals surface area contributed by atoms with Crippen molar-refractivity contribution in [3.8, 4) is 11.1 Å². The predicted octanol–water partition coefficient (Wildman–Crippen LogP) is 7.94. The average Bonchev–Trinajstić information content (AvgIpc) is 2.96. The molecule has 2 atom stereocenters. The van der Waals surface area contributed by atoms with Crippen LogP contribution in [0, 0.1) is 5.92 Å². The van der Waals surface area contributed by atoms with Crippen molar-refractivity contribution in [2.75, 3.05) is 6.54 Å². The van der Waals surface area contributed by atoms with E-state index in [4.69, 9.17) is 11.6 Å². The number of aliphatic hydroxyl groups is 1. The highest BCUT2D eigenvalue weighted by atomic mass is 35.5. The molecule has 7 heteroatoms. The highest BCUT2D eigenvalue weighted by molar-refractivity contribution is 6.30. The minimum absolute atomic E-state index is 0.316. The van der Waals surface area contributed by atoms with Gasteiger partial charge in [0.25, 0.3) is 0 Å². The van der Waals surface area contributed by atoms with Crippen molar-refractivity contribution in [2.45, 2.75) is 103 Å². The number of carbonyl (C=O) groups excluding carboxylic acids is 2. The summed E-state index contributed by atoms with van der Waals surface area (Å²) in [5.74, 6) is -2.83. The standard InChI is InChI=1S/C35H48ClNO5/c1-3-4-5-8-11-14-31(38)15-12-9-6-7-10-13-16-32(35(2,42)34(40)41)33(39)37-26-25-27-17-19-28(20-18-27)29-21-23-30(36)24-22-29/h13,16-24,32,42H,3-12,14-15,25-26H2,1-2H3,(H,37,39)(H,40,41)/t32-,35+/m1/s1. The van der Waals surface area contributed by atoms with Crippen LogP contribution in [-0.4, -0.2) is 40.0 Å². The zero-order valence-electron chi connectivity index (χ0n) is 25.2. The number of aliphatic carboxylic acids is 1. The summed E-state index contributed by atoms with van der Waals surface area (Å²) < 4.78 is 0. The number of nitrogens with one attached hydrogen (secondary N) is 1. The molecule has 0 unspecified atom stereocenters. The molecule has 0 aromatic heterocycles. The minimum Gasteiger partial charge on any atom is -0.479 e. The lowest BCUT2D eigenvalue weighted by molar-refractivity contribution is -0.163. The number of Topliss-reactive ketones (excluding diaryl/α,β-unsaturated/α-hetero) is 1. The molecule has 0 aliphatic rings. The Morgan fingerprint density at radius 3 is 1.98 bits per heavy atom. The number of allylic oxidation sites excluding steroid dienone is 1. The third kappa shape index (κ3) is 12.9. The fraction of sp³-hybridized carbons (Fsp3) is 0.514. The maximum Gasteiger partial charge on any atom is 0.336 e. The molecule has 0 saturated carbocycles. The second-order valence-electron chi connectivity index (χ2n) is 11.3. The van der Waals surface area contributed by atoms with Crippen LogP contribution in [0.25, 0.3) is 11.1 Å². The molecular formula is C35H48ClNO5. The predicted molar refractivity (Wildman–Crippen MR) is 171 cm³/mol. The molecular weight excluding hydrogens is 550 g/mol. The van der Waals surface area contributed by atoms with Crippen LogP contribution < -0.4 is 5.32 Å². The van der Waals surface area contributed by atoms with Crippen molar-refractivity contribution in [3.63, 3.8) is 0 Å². The SMILES string of the molecule is CCCCCCCC(=O)CCCCCCC=C[C@H](C(=O)NCCc1ccc(-c2ccc(Cl)cc2)cc1)[C@](C)(O)C(=O)O. The van der Waals surface area contributed by atoms with Crippen LogP contribution in [0.2, 0.25) is 5.02 Å². The van der Waals surface area contributed by atoms with Gasteiger partial charge in [-0.25, -0.2) is 4.79 Å².